The summed E-state index contributed by atoms with van der Waals surface area (Å²) in [5, 5.41) is 2.75. The van der Waals surface area contributed by atoms with Gasteiger partial charge in [0.15, 0.2) is 0 Å². The van der Waals surface area contributed by atoms with Crippen molar-refractivity contribution in [2.24, 2.45) is 0 Å². The van der Waals surface area contributed by atoms with Crippen LogP contribution in [0.1, 0.15) is 19.3 Å². The van der Waals surface area contributed by atoms with Gasteiger partial charge in [0.05, 0.1) is 6.61 Å². The fourth-order valence-electron chi connectivity index (χ4n) is 2.08. The standard InChI is InChI=1S/C14H28N2O3.C2H7N/c1-15-5-7-16(8-6-15)9-13-18-11-3-2-4-12-19-14-10-17;1-3-2/h10H,2-9,11-14H2,1H3;3H,1-2H3. The van der Waals surface area contributed by atoms with Gasteiger partial charge >= 0.3 is 0 Å². The first kappa shape index (κ1) is 21.5. The van der Waals surface area contributed by atoms with Crippen LogP contribution >= 0.6 is 0 Å². The number of carbonyl (C=O) groups is 1. The van der Waals surface area contributed by atoms with E-state index in [2.05, 4.69) is 22.2 Å². The van der Waals surface area contributed by atoms with Crippen LogP contribution in [0, 0.1) is 0 Å². The molecule has 0 aromatic rings. The minimum absolute atomic E-state index is 0.224. The highest BCUT2D eigenvalue weighted by atomic mass is 16.5. The molecule has 1 heterocycles. The summed E-state index contributed by atoms with van der Waals surface area (Å²) in [7, 11) is 5.92. The lowest BCUT2D eigenvalue weighted by atomic mass is 10.2. The summed E-state index contributed by atoms with van der Waals surface area (Å²) in [5.74, 6) is 0. The molecule has 6 nitrogen and oxygen atoms in total. The van der Waals surface area contributed by atoms with E-state index in [0.29, 0.717) is 6.61 Å². The van der Waals surface area contributed by atoms with Crippen molar-refractivity contribution in [3.8, 4) is 0 Å². The number of rotatable bonds is 11. The monoisotopic (exact) mass is 317 g/mol. The molecule has 132 valence electrons. The maximum atomic E-state index is 10.0. The molecule has 0 unspecified atom stereocenters. The summed E-state index contributed by atoms with van der Waals surface area (Å²) < 4.78 is 10.7. The zero-order valence-electron chi connectivity index (χ0n) is 14.7. The summed E-state index contributed by atoms with van der Waals surface area (Å²) in [4.78, 5) is 14.8. The number of hydrogen-bond acceptors (Lipinski definition) is 6. The summed E-state index contributed by atoms with van der Waals surface area (Å²) in [6.07, 6.45) is 3.98. The molecular formula is C16H35N3O3. The largest absolute Gasteiger partial charge is 0.380 e. The van der Waals surface area contributed by atoms with E-state index in [4.69, 9.17) is 9.47 Å². The van der Waals surface area contributed by atoms with E-state index in [1.807, 2.05) is 14.1 Å². The molecule has 0 bridgehead atoms. The summed E-state index contributed by atoms with van der Waals surface area (Å²) in [6, 6.07) is 0. The van der Waals surface area contributed by atoms with Crippen molar-refractivity contribution in [2.45, 2.75) is 19.3 Å². The van der Waals surface area contributed by atoms with E-state index in [-0.39, 0.29) is 6.61 Å². The van der Waals surface area contributed by atoms with E-state index in [0.717, 1.165) is 58.4 Å². The second-order valence-corrected chi connectivity index (χ2v) is 5.56. The number of carbonyl (C=O) groups excluding carboxylic acids is 1. The lowest BCUT2D eigenvalue weighted by Gasteiger charge is -2.32. The second-order valence-electron chi connectivity index (χ2n) is 5.56. The molecule has 0 saturated carbocycles. The van der Waals surface area contributed by atoms with Crippen molar-refractivity contribution in [3.05, 3.63) is 0 Å². The lowest BCUT2D eigenvalue weighted by molar-refractivity contribution is -0.111. The van der Waals surface area contributed by atoms with Crippen LogP contribution in [0.3, 0.4) is 0 Å². The minimum atomic E-state index is 0.224. The fraction of sp³-hybridized carbons (Fsp3) is 0.938. The van der Waals surface area contributed by atoms with Gasteiger partial charge in [-0.3, -0.25) is 4.90 Å². The van der Waals surface area contributed by atoms with Crippen LogP contribution < -0.4 is 5.32 Å². The molecule has 1 aliphatic rings. The van der Waals surface area contributed by atoms with E-state index >= 15 is 0 Å². The minimum Gasteiger partial charge on any atom is -0.380 e. The van der Waals surface area contributed by atoms with Gasteiger partial charge < -0.3 is 24.5 Å². The fourth-order valence-corrected chi connectivity index (χ4v) is 2.08. The van der Waals surface area contributed by atoms with Crippen LogP contribution in [0.4, 0.5) is 0 Å². The predicted octanol–water partition coefficient (Wildman–Crippen LogP) is 0.472. The molecule has 0 radical (unpaired) electrons. The number of unbranched alkanes of at least 4 members (excludes halogenated alkanes) is 2. The Morgan fingerprint density at radius 3 is 2.14 bits per heavy atom. The molecule has 0 amide bonds. The van der Waals surface area contributed by atoms with Crippen molar-refractivity contribution >= 4 is 6.29 Å². The molecule has 0 atom stereocenters. The molecule has 6 heteroatoms. The van der Waals surface area contributed by atoms with E-state index in [9.17, 15) is 4.79 Å². The SMILES string of the molecule is CN1CCN(CCOCCCCCOCC=O)CC1.CNC. The van der Waals surface area contributed by atoms with Crippen LogP contribution in [0.5, 0.6) is 0 Å². The van der Waals surface area contributed by atoms with Gasteiger partial charge in [0.2, 0.25) is 0 Å². The Kier molecular flexibility index (Phi) is 16.4. The molecule has 0 aromatic heterocycles. The van der Waals surface area contributed by atoms with Crippen molar-refractivity contribution in [1.82, 2.24) is 15.1 Å². The maximum absolute atomic E-state index is 10.0. The zero-order valence-corrected chi connectivity index (χ0v) is 14.7. The van der Waals surface area contributed by atoms with Gasteiger partial charge in [-0.15, -0.1) is 0 Å². The number of hydrogen-bond donors (Lipinski definition) is 1. The highest BCUT2D eigenvalue weighted by Crippen LogP contribution is 2.00. The Hall–Kier alpha value is -0.530. The van der Waals surface area contributed by atoms with Crippen LogP contribution in [0.25, 0.3) is 0 Å². The van der Waals surface area contributed by atoms with Crippen LogP contribution in [0.2, 0.25) is 0 Å². The van der Waals surface area contributed by atoms with Crippen LogP contribution in [-0.2, 0) is 14.3 Å². The zero-order chi connectivity index (χ0) is 16.5. The predicted molar refractivity (Wildman–Crippen MR) is 90.5 cm³/mol. The van der Waals surface area contributed by atoms with E-state index in [1.54, 1.807) is 0 Å². The van der Waals surface area contributed by atoms with Gasteiger partial charge in [0, 0.05) is 45.9 Å². The summed E-state index contributed by atoms with van der Waals surface area (Å²) in [6.45, 7) is 8.29. The van der Waals surface area contributed by atoms with E-state index in [1.165, 1.54) is 13.1 Å². The molecule has 22 heavy (non-hydrogen) atoms. The molecule has 0 aliphatic carbocycles. The van der Waals surface area contributed by atoms with Gasteiger partial charge in [-0.1, -0.05) is 0 Å². The average Bonchev–Trinajstić information content (AvgIpc) is 2.52. The summed E-state index contributed by atoms with van der Waals surface area (Å²) in [5.41, 5.74) is 0. The highest BCUT2D eigenvalue weighted by molar-refractivity contribution is 5.50. The van der Waals surface area contributed by atoms with E-state index < -0.39 is 0 Å². The van der Waals surface area contributed by atoms with Crippen LogP contribution in [-0.4, -0.2) is 96.4 Å². The Balaban J connectivity index is 0.00000135. The normalized spacial score (nSPS) is 16.1. The summed E-state index contributed by atoms with van der Waals surface area (Å²) >= 11 is 0. The third-order valence-electron chi connectivity index (χ3n) is 3.41. The van der Waals surface area contributed by atoms with Crippen LogP contribution in [0.15, 0.2) is 0 Å². The number of likely N-dealkylation sites (N-methyl/N-ethyl adjacent to an activating group) is 1. The first-order chi connectivity index (χ1) is 10.7. The Morgan fingerprint density at radius 2 is 1.55 bits per heavy atom. The van der Waals surface area contributed by atoms with Crippen molar-refractivity contribution in [3.63, 3.8) is 0 Å². The van der Waals surface area contributed by atoms with Crippen molar-refractivity contribution in [1.29, 1.82) is 0 Å². The molecule has 1 fully saturated rings. The van der Waals surface area contributed by atoms with Gasteiger partial charge in [0.25, 0.3) is 0 Å². The smallest absolute Gasteiger partial charge is 0.145 e. The quantitative estimate of drug-likeness (QED) is 0.442. The third kappa shape index (κ3) is 14.4. The highest BCUT2D eigenvalue weighted by Gasteiger charge is 2.12. The average molecular weight is 317 g/mol. The Morgan fingerprint density at radius 1 is 0.955 bits per heavy atom. The molecule has 1 aliphatic heterocycles. The maximum Gasteiger partial charge on any atom is 0.145 e. The third-order valence-corrected chi connectivity index (χ3v) is 3.41. The number of nitrogens with one attached hydrogen (secondary N) is 1. The van der Waals surface area contributed by atoms with Crippen molar-refractivity contribution in [2.75, 3.05) is 80.3 Å². The topological polar surface area (TPSA) is 54.0 Å². The first-order valence-electron chi connectivity index (χ1n) is 8.33. The Labute approximate surface area is 136 Å². The number of piperazine rings is 1. The van der Waals surface area contributed by atoms with Crippen molar-refractivity contribution < 1.29 is 14.3 Å². The van der Waals surface area contributed by atoms with Gasteiger partial charge in [-0.05, 0) is 40.4 Å². The molecule has 1 N–H and O–H groups in total. The number of ether oxygens (including phenoxy) is 2. The molecule has 1 saturated heterocycles. The molecule has 0 aromatic carbocycles. The number of aldehydes is 1. The number of nitrogens with zero attached hydrogens (tertiary/aromatic N) is 2. The second kappa shape index (κ2) is 16.8. The van der Waals surface area contributed by atoms with Gasteiger partial charge in [-0.2, -0.15) is 0 Å². The molecule has 1 rings (SSSR count). The van der Waals surface area contributed by atoms with Gasteiger partial charge in [-0.25, -0.2) is 0 Å². The molecular weight excluding hydrogens is 282 g/mol. The molecule has 0 spiro atoms. The lowest BCUT2D eigenvalue weighted by Crippen LogP contribution is -2.45. The Bertz CT molecular complexity index is 235. The van der Waals surface area contributed by atoms with Gasteiger partial charge in [0.1, 0.15) is 12.9 Å². The first-order valence-corrected chi connectivity index (χ1v) is 8.33.